The summed E-state index contributed by atoms with van der Waals surface area (Å²) in [6.45, 7) is 15.8. The maximum Gasteiger partial charge on any atom is 0.187 e. The Kier molecular flexibility index (Phi) is 6.00. The fraction of sp³-hybridized carbons (Fsp3) is 0.520. The first kappa shape index (κ1) is 21.0. The summed E-state index contributed by atoms with van der Waals surface area (Å²) in [5, 5.41) is 0. The Labute approximate surface area is 170 Å². The van der Waals surface area contributed by atoms with Gasteiger partial charge in [-0.05, 0) is 33.3 Å². The molecule has 0 aliphatic carbocycles. The molecule has 2 aromatic carbocycles. The SMILES string of the molecule is CC(C)N(C(C)C)[C@@]1(C(C)(C)C)O[C@H](c2ccccc2)O[C@@H]1c1ccccc1. The van der Waals surface area contributed by atoms with E-state index in [1.807, 2.05) is 18.2 Å². The van der Waals surface area contributed by atoms with Gasteiger partial charge >= 0.3 is 0 Å². The monoisotopic (exact) mass is 381 g/mol. The van der Waals surface area contributed by atoms with E-state index >= 15 is 0 Å². The van der Waals surface area contributed by atoms with Crippen LogP contribution in [-0.2, 0) is 9.47 Å². The molecule has 3 rings (SSSR count). The number of benzene rings is 2. The second kappa shape index (κ2) is 7.98. The molecule has 1 aliphatic rings. The van der Waals surface area contributed by atoms with Crippen molar-refractivity contribution in [3.8, 4) is 0 Å². The number of hydrogen-bond acceptors (Lipinski definition) is 3. The number of nitrogens with zero attached hydrogens (tertiary/aromatic N) is 1. The molecule has 1 heterocycles. The summed E-state index contributed by atoms with van der Waals surface area (Å²) in [6.07, 6.45) is -0.589. The van der Waals surface area contributed by atoms with Crippen LogP contribution in [0, 0.1) is 5.41 Å². The molecule has 0 unspecified atom stereocenters. The van der Waals surface area contributed by atoms with Crippen LogP contribution in [0.1, 0.15) is 72.0 Å². The van der Waals surface area contributed by atoms with E-state index in [2.05, 4.69) is 95.8 Å². The van der Waals surface area contributed by atoms with Crippen molar-refractivity contribution in [3.05, 3.63) is 71.8 Å². The van der Waals surface area contributed by atoms with E-state index in [4.69, 9.17) is 9.47 Å². The molecule has 152 valence electrons. The van der Waals surface area contributed by atoms with E-state index in [1.165, 1.54) is 0 Å². The van der Waals surface area contributed by atoms with Gasteiger partial charge in [0.05, 0.1) is 0 Å². The molecule has 0 amide bonds. The Morgan fingerprint density at radius 3 is 1.68 bits per heavy atom. The summed E-state index contributed by atoms with van der Waals surface area (Å²) < 4.78 is 13.6. The van der Waals surface area contributed by atoms with Gasteiger partial charge in [-0.3, -0.25) is 4.90 Å². The average molecular weight is 382 g/mol. The molecule has 0 aromatic heterocycles. The van der Waals surface area contributed by atoms with E-state index in [1.54, 1.807) is 0 Å². The summed E-state index contributed by atoms with van der Waals surface area (Å²) in [5.74, 6) is 0. The maximum absolute atomic E-state index is 6.96. The third-order valence-corrected chi connectivity index (χ3v) is 5.65. The largest absolute Gasteiger partial charge is 0.336 e. The zero-order valence-electron chi connectivity index (χ0n) is 18.3. The summed E-state index contributed by atoms with van der Waals surface area (Å²) in [4.78, 5) is 2.49. The Bertz CT molecular complexity index is 743. The van der Waals surface area contributed by atoms with E-state index in [9.17, 15) is 0 Å². The van der Waals surface area contributed by atoms with Gasteiger partial charge in [-0.1, -0.05) is 81.4 Å². The first-order valence-corrected chi connectivity index (χ1v) is 10.4. The molecule has 28 heavy (non-hydrogen) atoms. The standard InChI is InChI=1S/C25H35NO2/c1-18(2)26(19(3)4)25(24(5,6)7)22(20-14-10-8-11-15-20)27-23(28-25)21-16-12-9-13-17-21/h8-19,22-23H,1-7H3/t22-,23-,25-/m1/s1. The van der Waals surface area contributed by atoms with Gasteiger partial charge in [0.25, 0.3) is 0 Å². The lowest BCUT2D eigenvalue weighted by molar-refractivity contribution is -0.234. The van der Waals surface area contributed by atoms with Gasteiger partial charge < -0.3 is 9.47 Å². The third-order valence-electron chi connectivity index (χ3n) is 5.65. The molecule has 2 aromatic rings. The third kappa shape index (κ3) is 3.63. The molecule has 3 nitrogen and oxygen atoms in total. The van der Waals surface area contributed by atoms with Crippen LogP contribution >= 0.6 is 0 Å². The van der Waals surface area contributed by atoms with Gasteiger partial charge in [0.1, 0.15) is 6.10 Å². The van der Waals surface area contributed by atoms with E-state index in [0.29, 0.717) is 12.1 Å². The first-order valence-electron chi connectivity index (χ1n) is 10.4. The van der Waals surface area contributed by atoms with Crippen LogP contribution < -0.4 is 0 Å². The zero-order valence-corrected chi connectivity index (χ0v) is 18.3. The van der Waals surface area contributed by atoms with Gasteiger partial charge in [-0.2, -0.15) is 0 Å². The molecule has 3 atom stereocenters. The number of ether oxygens (including phenoxy) is 2. The fourth-order valence-corrected chi connectivity index (χ4v) is 4.67. The van der Waals surface area contributed by atoms with Gasteiger partial charge in [-0.15, -0.1) is 0 Å². The van der Waals surface area contributed by atoms with E-state index in [-0.39, 0.29) is 11.5 Å². The van der Waals surface area contributed by atoms with Crippen molar-refractivity contribution in [2.75, 3.05) is 0 Å². The highest BCUT2D eigenvalue weighted by molar-refractivity contribution is 5.26. The lowest BCUT2D eigenvalue weighted by Crippen LogP contribution is -2.64. The summed E-state index contributed by atoms with van der Waals surface area (Å²) >= 11 is 0. The summed E-state index contributed by atoms with van der Waals surface area (Å²) in [6, 6.07) is 21.4. The van der Waals surface area contributed by atoms with Crippen molar-refractivity contribution in [3.63, 3.8) is 0 Å². The van der Waals surface area contributed by atoms with Crippen LogP contribution in [0.2, 0.25) is 0 Å². The van der Waals surface area contributed by atoms with Crippen LogP contribution in [0.15, 0.2) is 60.7 Å². The fourth-order valence-electron chi connectivity index (χ4n) is 4.67. The van der Waals surface area contributed by atoms with Gasteiger partial charge in [0.15, 0.2) is 12.0 Å². The van der Waals surface area contributed by atoms with Crippen LogP contribution in [0.5, 0.6) is 0 Å². The van der Waals surface area contributed by atoms with Gasteiger partial charge in [-0.25, -0.2) is 0 Å². The predicted molar refractivity (Wildman–Crippen MR) is 115 cm³/mol. The maximum atomic E-state index is 6.96. The highest BCUT2D eigenvalue weighted by atomic mass is 16.8. The highest BCUT2D eigenvalue weighted by Crippen LogP contribution is 2.57. The summed E-state index contributed by atoms with van der Waals surface area (Å²) in [5.41, 5.74) is 1.44. The summed E-state index contributed by atoms with van der Waals surface area (Å²) in [7, 11) is 0. The van der Waals surface area contributed by atoms with Crippen molar-refractivity contribution in [1.82, 2.24) is 4.90 Å². The predicted octanol–water partition coefficient (Wildman–Crippen LogP) is 6.33. The average Bonchev–Trinajstić information content (AvgIpc) is 3.04. The quantitative estimate of drug-likeness (QED) is 0.603. The van der Waals surface area contributed by atoms with Crippen LogP contribution in [0.4, 0.5) is 0 Å². The molecule has 0 radical (unpaired) electrons. The van der Waals surface area contributed by atoms with Crippen LogP contribution in [0.3, 0.4) is 0 Å². The topological polar surface area (TPSA) is 21.7 Å². The Balaban J connectivity index is 2.19. The molecular weight excluding hydrogens is 346 g/mol. The lowest BCUT2D eigenvalue weighted by Gasteiger charge is -2.54. The molecule has 3 heteroatoms. The molecule has 0 bridgehead atoms. The number of hydrogen-bond donors (Lipinski definition) is 0. The van der Waals surface area contributed by atoms with Gasteiger partial charge in [0, 0.05) is 23.1 Å². The normalized spacial score (nSPS) is 25.8. The van der Waals surface area contributed by atoms with Crippen molar-refractivity contribution in [2.24, 2.45) is 5.41 Å². The van der Waals surface area contributed by atoms with Crippen molar-refractivity contribution in [2.45, 2.75) is 78.7 Å². The minimum atomic E-state index is -0.600. The molecule has 1 aliphatic heterocycles. The van der Waals surface area contributed by atoms with E-state index < -0.39 is 12.0 Å². The van der Waals surface area contributed by atoms with Crippen molar-refractivity contribution >= 4 is 0 Å². The lowest BCUT2D eigenvalue weighted by atomic mass is 9.75. The minimum Gasteiger partial charge on any atom is -0.336 e. The molecular formula is C25H35NO2. The van der Waals surface area contributed by atoms with Crippen molar-refractivity contribution < 1.29 is 9.47 Å². The van der Waals surface area contributed by atoms with E-state index in [0.717, 1.165) is 11.1 Å². The Morgan fingerprint density at radius 2 is 1.25 bits per heavy atom. The second-order valence-corrected chi connectivity index (χ2v) is 9.33. The Hall–Kier alpha value is -1.68. The molecule has 1 saturated heterocycles. The Morgan fingerprint density at radius 1 is 0.786 bits per heavy atom. The molecule has 1 fully saturated rings. The van der Waals surface area contributed by atoms with Crippen LogP contribution in [-0.4, -0.2) is 22.7 Å². The zero-order chi connectivity index (χ0) is 20.5. The highest BCUT2D eigenvalue weighted by Gasteiger charge is 2.62. The smallest absolute Gasteiger partial charge is 0.187 e. The minimum absolute atomic E-state index is 0.175. The first-order chi connectivity index (χ1) is 13.2. The molecule has 0 saturated carbocycles. The molecule has 0 N–H and O–H groups in total. The second-order valence-electron chi connectivity index (χ2n) is 9.33. The number of rotatable bonds is 5. The van der Waals surface area contributed by atoms with Gasteiger partial charge in [0.2, 0.25) is 0 Å². The van der Waals surface area contributed by atoms with Crippen molar-refractivity contribution in [1.29, 1.82) is 0 Å². The van der Waals surface area contributed by atoms with Crippen LogP contribution in [0.25, 0.3) is 0 Å². The molecule has 0 spiro atoms.